The van der Waals surface area contributed by atoms with Gasteiger partial charge in [0, 0.05) is 5.41 Å². The highest BCUT2D eigenvalue weighted by atomic mass is 16.5. The van der Waals surface area contributed by atoms with Crippen molar-refractivity contribution in [2.24, 2.45) is 5.41 Å². The number of hydrogen-bond donors (Lipinski definition) is 1. The maximum absolute atomic E-state index is 12.1. The van der Waals surface area contributed by atoms with Crippen LogP contribution in [0.25, 0.3) is 0 Å². The lowest BCUT2D eigenvalue weighted by Gasteiger charge is -2.24. The van der Waals surface area contributed by atoms with Crippen molar-refractivity contribution in [1.82, 2.24) is 0 Å². The van der Waals surface area contributed by atoms with Crippen molar-refractivity contribution in [3.63, 3.8) is 0 Å². The Labute approximate surface area is 109 Å². The molecule has 0 saturated carbocycles. The molecular weight excluding hydrogens is 228 g/mol. The maximum Gasteiger partial charge on any atom is 0.180 e. The molecule has 0 heterocycles. The summed E-state index contributed by atoms with van der Waals surface area (Å²) in [5.74, 6) is 0.567. The Morgan fingerprint density at radius 3 is 2.44 bits per heavy atom. The van der Waals surface area contributed by atoms with Crippen molar-refractivity contribution in [1.29, 1.82) is 0 Å². The molecule has 1 N–H and O–H groups in total. The molecule has 100 valence electrons. The second kappa shape index (κ2) is 5.53. The molecule has 1 aromatic carbocycles. The van der Waals surface area contributed by atoms with Gasteiger partial charge in [0.25, 0.3) is 0 Å². The number of hydrogen-bond acceptors (Lipinski definition) is 3. The topological polar surface area (TPSA) is 46.5 Å². The summed E-state index contributed by atoms with van der Waals surface area (Å²) < 4.78 is 5.66. The molecule has 0 aliphatic carbocycles. The first-order valence-electron chi connectivity index (χ1n) is 6.15. The van der Waals surface area contributed by atoms with Gasteiger partial charge in [0.1, 0.15) is 5.75 Å². The smallest absolute Gasteiger partial charge is 0.180 e. The first kappa shape index (κ1) is 14.7. The van der Waals surface area contributed by atoms with Crippen molar-refractivity contribution in [2.75, 3.05) is 6.61 Å². The molecule has 0 saturated heterocycles. The van der Waals surface area contributed by atoms with Crippen molar-refractivity contribution in [2.45, 2.75) is 40.7 Å². The molecule has 1 rings (SSSR count). The summed E-state index contributed by atoms with van der Waals surface area (Å²) >= 11 is 0. The molecule has 1 aromatic rings. The SMILES string of the molecule is Cc1cccc(OC(CO)C(=O)C(C)(C)C)c1C. The number of benzene rings is 1. The highest BCUT2D eigenvalue weighted by Crippen LogP contribution is 2.24. The zero-order chi connectivity index (χ0) is 13.9. The van der Waals surface area contributed by atoms with Crippen LogP contribution in [0.4, 0.5) is 0 Å². The van der Waals surface area contributed by atoms with Crippen molar-refractivity contribution >= 4 is 5.78 Å². The highest BCUT2D eigenvalue weighted by Gasteiger charge is 2.31. The molecule has 0 aromatic heterocycles. The van der Waals surface area contributed by atoms with Gasteiger partial charge in [0.15, 0.2) is 11.9 Å². The first-order chi connectivity index (χ1) is 8.27. The van der Waals surface area contributed by atoms with Crippen molar-refractivity contribution < 1.29 is 14.6 Å². The van der Waals surface area contributed by atoms with Gasteiger partial charge in [0.05, 0.1) is 6.61 Å². The molecule has 0 amide bonds. The largest absolute Gasteiger partial charge is 0.480 e. The highest BCUT2D eigenvalue weighted by molar-refractivity contribution is 5.88. The molecule has 18 heavy (non-hydrogen) atoms. The Hall–Kier alpha value is -1.35. The Morgan fingerprint density at radius 1 is 1.33 bits per heavy atom. The van der Waals surface area contributed by atoms with E-state index in [0.29, 0.717) is 5.75 Å². The zero-order valence-corrected chi connectivity index (χ0v) is 11.8. The fourth-order valence-corrected chi connectivity index (χ4v) is 1.66. The Morgan fingerprint density at radius 2 is 1.94 bits per heavy atom. The monoisotopic (exact) mass is 250 g/mol. The van der Waals surface area contributed by atoms with Crippen LogP contribution in [0.5, 0.6) is 5.75 Å². The van der Waals surface area contributed by atoms with Gasteiger partial charge in [-0.05, 0) is 31.0 Å². The van der Waals surface area contributed by atoms with Crippen LogP contribution in [-0.4, -0.2) is 23.6 Å². The van der Waals surface area contributed by atoms with Crippen molar-refractivity contribution in [3.05, 3.63) is 29.3 Å². The van der Waals surface area contributed by atoms with Gasteiger partial charge in [0.2, 0.25) is 0 Å². The normalized spacial score (nSPS) is 13.2. The van der Waals surface area contributed by atoms with E-state index in [-0.39, 0.29) is 12.4 Å². The fraction of sp³-hybridized carbons (Fsp3) is 0.533. The third-order valence-electron chi connectivity index (χ3n) is 3.02. The average Bonchev–Trinajstić information content (AvgIpc) is 2.29. The van der Waals surface area contributed by atoms with E-state index in [1.165, 1.54) is 0 Å². The second-order valence-electron chi connectivity index (χ2n) is 5.60. The van der Waals surface area contributed by atoms with Gasteiger partial charge in [-0.2, -0.15) is 0 Å². The number of ether oxygens (including phenoxy) is 1. The molecule has 3 heteroatoms. The van der Waals surface area contributed by atoms with Crippen molar-refractivity contribution in [3.8, 4) is 5.75 Å². The standard InChI is InChI=1S/C15H22O3/c1-10-7-6-8-12(11(10)2)18-13(9-16)14(17)15(3,4)5/h6-8,13,16H,9H2,1-5H3. The Kier molecular flexibility index (Phi) is 4.52. The summed E-state index contributed by atoms with van der Waals surface area (Å²) in [7, 11) is 0. The minimum Gasteiger partial charge on any atom is -0.480 e. The molecule has 0 spiro atoms. The number of aliphatic hydroxyl groups is 1. The van der Waals surface area contributed by atoms with E-state index in [2.05, 4.69) is 0 Å². The van der Waals surface area contributed by atoms with Crippen LogP contribution < -0.4 is 4.74 Å². The molecule has 0 radical (unpaired) electrons. The second-order valence-corrected chi connectivity index (χ2v) is 5.60. The molecular formula is C15H22O3. The first-order valence-corrected chi connectivity index (χ1v) is 6.15. The predicted octanol–water partition coefficient (Wildman–Crippen LogP) is 2.66. The molecule has 1 atom stereocenters. The van der Waals surface area contributed by atoms with E-state index in [4.69, 9.17) is 4.74 Å². The van der Waals surface area contributed by atoms with Gasteiger partial charge in [-0.25, -0.2) is 0 Å². The summed E-state index contributed by atoms with van der Waals surface area (Å²) in [6.45, 7) is 9.10. The van der Waals surface area contributed by atoms with Crippen LogP contribution in [0.3, 0.4) is 0 Å². The van der Waals surface area contributed by atoms with Gasteiger partial charge in [-0.1, -0.05) is 32.9 Å². The number of ketones is 1. The molecule has 0 bridgehead atoms. The van der Waals surface area contributed by atoms with Crippen LogP contribution in [0.2, 0.25) is 0 Å². The van der Waals surface area contributed by atoms with Crippen LogP contribution >= 0.6 is 0 Å². The van der Waals surface area contributed by atoms with E-state index in [1.54, 1.807) is 0 Å². The number of aliphatic hydroxyl groups excluding tert-OH is 1. The maximum atomic E-state index is 12.1. The van der Waals surface area contributed by atoms with E-state index in [1.807, 2.05) is 52.8 Å². The van der Waals surface area contributed by atoms with Crippen LogP contribution in [0.1, 0.15) is 31.9 Å². The molecule has 0 aliphatic heterocycles. The molecule has 0 aliphatic rings. The number of aryl methyl sites for hydroxylation is 1. The molecule has 1 unspecified atom stereocenters. The van der Waals surface area contributed by atoms with Gasteiger partial charge < -0.3 is 9.84 Å². The summed E-state index contributed by atoms with van der Waals surface area (Å²) in [5, 5.41) is 9.34. The number of Topliss-reactive ketones (excluding diaryl/α,β-unsaturated/α-hetero) is 1. The van der Waals surface area contributed by atoms with E-state index < -0.39 is 11.5 Å². The van der Waals surface area contributed by atoms with E-state index in [0.717, 1.165) is 11.1 Å². The number of carbonyl (C=O) groups excluding carboxylic acids is 1. The Bertz CT molecular complexity index is 430. The fourth-order valence-electron chi connectivity index (χ4n) is 1.66. The van der Waals surface area contributed by atoms with Crippen LogP contribution in [0, 0.1) is 19.3 Å². The Balaban J connectivity index is 2.94. The summed E-state index contributed by atoms with van der Waals surface area (Å²) in [6, 6.07) is 5.69. The van der Waals surface area contributed by atoms with Crippen LogP contribution in [0.15, 0.2) is 18.2 Å². The predicted molar refractivity (Wildman–Crippen MR) is 71.9 cm³/mol. The lowest BCUT2D eigenvalue weighted by Crippen LogP contribution is -2.39. The van der Waals surface area contributed by atoms with Gasteiger partial charge in [-0.15, -0.1) is 0 Å². The third kappa shape index (κ3) is 3.33. The van der Waals surface area contributed by atoms with E-state index >= 15 is 0 Å². The van der Waals surface area contributed by atoms with Gasteiger partial charge in [-0.3, -0.25) is 4.79 Å². The zero-order valence-electron chi connectivity index (χ0n) is 11.8. The minimum absolute atomic E-state index is 0.0918. The summed E-state index contributed by atoms with van der Waals surface area (Å²) in [5.41, 5.74) is 1.58. The molecule has 3 nitrogen and oxygen atoms in total. The minimum atomic E-state index is -0.800. The third-order valence-corrected chi connectivity index (χ3v) is 3.02. The molecule has 0 fully saturated rings. The van der Waals surface area contributed by atoms with Crippen LogP contribution in [-0.2, 0) is 4.79 Å². The lowest BCUT2D eigenvalue weighted by atomic mass is 9.87. The summed E-state index contributed by atoms with van der Waals surface area (Å²) in [4.78, 5) is 12.1. The lowest BCUT2D eigenvalue weighted by molar-refractivity contribution is -0.135. The number of carbonyl (C=O) groups is 1. The van der Waals surface area contributed by atoms with Gasteiger partial charge >= 0.3 is 0 Å². The summed E-state index contributed by atoms with van der Waals surface area (Å²) in [6.07, 6.45) is -0.800. The van der Waals surface area contributed by atoms with E-state index in [9.17, 15) is 9.90 Å². The average molecular weight is 250 g/mol. The quantitative estimate of drug-likeness (QED) is 0.893. The number of rotatable bonds is 4.